The maximum absolute atomic E-state index is 5.87. The molecule has 2 heteroatoms. The van der Waals surface area contributed by atoms with Gasteiger partial charge in [-0.15, -0.1) is 0 Å². The van der Waals surface area contributed by atoms with Gasteiger partial charge in [-0.25, -0.2) is 0 Å². The van der Waals surface area contributed by atoms with Crippen molar-refractivity contribution in [3.05, 3.63) is 35.9 Å². The number of rotatable bonds is 5. The Morgan fingerprint density at radius 1 is 1.00 bits per heavy atom. The molecule has 0 radical (unpaired) electrons. The van der Waals surface area contributed by atoms with Crippen LogP contribution < -0.4 is 0 Å². The Kier molecular flexibility index (Phi) is 4.79. The summed E-state index contributed by atoms with van der Waals surface area (Å²) in [4.78, 5) is 0. The van der Waals surface area contributed by atoms with E-state index < -0.39 is 0 Å². The largest absolute Gasteiger partial charge is 0.350 e. The van der Waals surface area contributed by atoms with Gasteiger partial charge in [-0.3, -0.25) is 0 Å². The Morgan fingerprint density at radius 3 is 2.06 bits per heavy atom. The molecule has 0 aromatic heterocycles. The fourth-order valence-corrected chi connectivity index (χ4v) is 2.97. The van der Waals surface area contributed by atoms with Gasteiger partial charge in [0.15, 0.2) is 5.79 Å². The standard InChI is InChI=1S/C16H24O2/c1-3-17-16(18-4-2)12-10-15(11-13-16)14-8-6-5-7-9-14/h5-9,15H,3-4,10-13H2,1-2H3. The number of benzene rings is 1. The average molecular weight is 248 g/mol. The molecule has 0 atom stereocenters. The van der Waals surface area contributed by atoms with E-state index in [1.165, 1.54) is 5.56 Å². The summed E-state index contributed by atoms with van der Waals surface area (Å²) in [6.07, 6.45) is 4.33. The van der Waals surface area contributed by atoms with Crippen LogP contribution in [0, 0.1) is 0 Å². The average Bonchev–Trinajstić information content (AvgIpc) is 2.41. The molecule has 1 saturated carbocycles. The van der Waals surface area contributed by atoms with Crippen LogP contribution in [0.15, 0.2) is 30.3 Å². The van der Waals surface area contributed by atoms with Gasteiger partial charge in [0.25, 0.3) is 0 Å². The lowest BCUT2D eigenvalue weighted by molar-refractivity contribution is -0.249. The first-order valence-corrected chi connectivity index (χ1v) is 7.12. The molecular formula is C16H24O2. The molecule has 0 spiro atoms. The summed E-state index contributed by atoms with van der Waals surface area (Å²) in [5, 5.41) is 0. The van der Waals surface area contributed by atoms with Crippen LogP contribution in [-0.2, 0) is 9.47 Å². The molecule has 1 aliphatic rings. The van der Waals surface area contributed by atoms with E-state index in [1.807, 2.05) is 13.8 Å². The summed E-state index contributed by atoms with van der Waals surface area (Å²) < 4.78 is 11.7. The van der Waals surface area contributed by atoms with Crippen molar-refractivity contribution in [3.63, 3.8) is 0 Å². The predicted octanol–water partition coefficient (Wildman–Crippen LogP) is 4.11. The summed E-state index contributed by atoms with van der Waals surface area (Å²) in [6, 6.07) is 10.8. The fraction of sp³-hybridized carbons (Fsp3) is 0.625. The number of hydrogen-bond acceptors (Lipinski definition) is 2. The first-order valence-electron chi connectivity index (χ1n) is 7.12. The van der Waals surface area contributed by atoms with Crippen molar-refractivity contribution in [3.8, 4) is 0 Å². The van der Waals surface area contributed by atoms with Crippen LogP contribution in [0.1, 0.15) is 51.0 Å². The van der Waals surface area contributed by atoms with Gasteiger partial charge in [0.1, 0.15) is 0 Å². The summed E-state index contributed by atoms with van der Waals surface area (Å²) in [5.41, 5.74) is 1.46. The van der Waals surface area contributed by atoms with E-state index in [9.17, 15) is 0 Å². The van der Waals surface area contributed by atoms with Gasteiger partial charge in [-0.2, -0.15) is 0 Å². The molecular weight excluding hydrogens is 224 g/mol. The molecule has 0 saturated heterocycles. The normalized spacial score (nSPS) is 19.9. The van der Waals surface area contributed by atoms with E-state index in [0.717, 1.165) is 38.9 Å². The second kappa shape index (κ2) is 6.35. The highest BCUT2D eigenvalue weighted by Crippen LogP contribution is 2.40. The van der Waals surface area contributed by atoms with Crippen molar-refractivity contribution in [2.45, 2.75) is 51.2 Å². The zero-order chi connectivity index (χ0) is 12.8. The molecule has 0 bridgehead atoms. The van der Waals surface area contributed by atoms with Gasteiger partial charge < -0.3 is 9.47 Å². The molecule has 1 aliphatic carbocycles. The third kappa shape index (κ3) is 3.12. The molecule has 1 aromatic carbocycles. The SMILES string of the molecule is CCOC1(OCC)CCC(c2ccccc2)CC1. The van der Waals surface area contributed by atoms with Gasteiger partial charge in [-0.1, -0.05) is 30.3 Å². The van der Waals surface area contributed by atoms with Crippen LogP contribution in [0.4, 0.5) is 0 Å². The summed E-state index contributed by atoms with van der Waals surface area (Å²) in [7, 11) is 0. The molecule has 2 rings (SSSR count). The zero-order valence-corrected chi connectivity index (χ0v) is 11.5. The van der Waals surface area contributed by atoms with Crippen LogP contribution in [0.3, 0.4) is 0 Å². The molecule has 2 nitrogen and oxygen atoms in total. The molecule has 0 aliphatic heterocycles. The number of hydrogen-bond donors (Lipinski definition) is 0. The summed E-state index contributed by atoms with van der Waals surface area (Å²) >= 11 is 0. The molecule has 0 amide bonds. The van der Waals surface area contributed by atoms with Crippen LogP contribution >= 0.6 is 0 Å². The van der Waals surface area contributed by atoms with E-state index in [4.69, 9.17) is 9.47 Å². The lowest BCUT2D eigenvalue weighted by atomic mass is 9.81. The molecule has 1 aromatic rings. The summed E-state index contributed by atoms with van der Waals surface area (Å²) in [5.74, 6) is 0.356. The van der Waals surface area contributed by atoms with Gasteiger partial charge in [0.05, 0.1) is 0 Å². The lowest BCUT2D eigenvalue weighted by Gasteiger charge is -2.39. The van der Waals surface area contributed by atoms with Crippen molar-refractivity contribution in [2.24, 2.45) is 0 Å². The third-order valence-electron chi connectivity index (χ3n) is 3.83. The minimum atomic E-state index is -0.311. The van der Waals surface area contributed by atoms with Crippen molar-refractivity contribution in [1.29, 1.82) is 0 Å². The van der Waals surface area contributed by atoms with Crippen molar-refractivity contribution < 1.29 is 9.47 Å². The number of ether oxygens (including phenoxy) is 2. The van der Waals surface area contributed by atoms with Crippen LogP contribution in [-0.4, -0.2) is 19.0 Å². The molecule has 100 valence electrons. The molecule has 18 heavy (non-hydrogen) atoms. The van der Waals surface area contributed by atoms with Gasteiger partial charge in [0.2, 0.25) is 0 Å². The molecule has 0 heterocycles. The van der Waals surface area contributed by atoms with Gasteiger partial charge >= 0.3 is 0 Å². The van der Waals surface area contributed by atoms with E-state index in [2.05, 4.69) is 30.3 Å². The van der Waals surface area contributed by atoms with Gasteiger partial charge in [0, 0.05) is 26.1 Å². The van der Waals surface area contributed by atoms with E-state index in [0.29, 0.717) is 5.92 Å². The Morgan fingerprint density at radius 2 is 1.56 bits per heavy atom. The highest BCUT2D eigenvalue weighted by molar-refractivity contribution is 5.20. The minimum absolute atomic E-state index is 0.311. The first-order chi connectivity index (χ1) is 8.79. The van der Waals surface area contributed by atoms with Crippen molar-refractivity contribution in [2.75, 3.05) is 13.2 Å². The maximum atomic E-state index is 5.87. The summed E-state index contributed by atoms with van der Waals surface area (Å²) in [6.45, 7) is 5.56. The monoisotopic (exact) mass is 248 g/mol. The van der Waals surface area contributed by atoms with E-state index in [-0.39, 0.29) is 5.79 Å². The Labute approximate surface area is 110 Å². The maximum Gasteiger partial charge on any atom is 0.168 e. The molecule has 1 fully saturated rings. The Bertz CT molecular complexity index is 331. The Hall–Kier alpha value is -0.860. The first kappa shape index (κ1) is 13.6. The lowest BCUT2D eigenvalue weighted by Crippen LogP contribution is -2.39. The topological polar surface area (TPSA) is 18.5 Å². The van der Waals surface area contributed by atoms with E-state index in [1.54, 1.807) is 0 Å². The molecule has 0 N–H and O–H groups in total. The Balaban J connectivity index is 1.97. The van der Waals surface area contributed by atoms with Crippen LogP contribution in [0.25, 0.3) is 0 Å². The van der Waals surface area contributed by atoms with Gasteiger partial charge in [-0.05, 0) is 38.2 Å². The van der Waals surface area contributed by atoms with Crippen molar-refractivity contribution in [1.82, 2.24) is 0 Å². The highest BCUT2D eigenvalue weighted by Gasteiger charge is 2.36. The highest BCUT2D eigenvalue weighted by atomic mass is 16.7. The second-order valence-electron chi connectivity index (χ2n) is 4.96. The quantitative estimate of drug-likeness (QED) is 0.730. The third-order valence-corrected chi connectivity index (χ3v) is 3.83. The van der Waals surface area contributed by atoms with E-state index >= 15 is 0 Å². The minimum Gasteiger partial charge on any atom is -0.350 e. The van der Waals surface area contributed by atoms with Crippen molar-refractivity contribution >= 4 is 0 Å². The zero-order valence-electron chi connectivity index (χ0n) is 11.5. The van der Waals surface area contributed by atoms with Crippen LogP contribution in [0.5, 0.6) is 0 Å². The molecule has 0 unspecified atom stereocenters. The fourth-order valence-electron chi connectivity index (χ4n) is 2.97. The predicted molar refractivity (Wildman–Crippen MR) is 73.6 cm³/mol. The second-order valence-corrected chi connectivity index (χ2v) is 4.96. The smallest absolute Gasteiger partial charge is 0.168 e. The van der Waals surface area contributed by atoms with Crippen LogP contribution in [0.2, 0.25) is 0 Å².